The number of amides is 2. The molecule has 1 atom stereocenters. The monoisotopic (exact) mass is 311 g/mol. The Morgan fingerprint density at radius 2 is 2.09 bits per heavy atom. The van der Waals surface area contributed by atoms with Gasteiger partial charge in [0, 0.05) is 12.7 Å². The first-order chi connectivity index (χ1) is 11.3. The zero-order valence-corrected chi connectivity index (χ0v) is 13.0. The Morgan fingerprint density at radius 3 is 2.87 bits per heavy atom. The van der Waals surface area contributed by atoms with Crippen molar-refractivity contribution in [2.75, 3.05) is 18.5 Å². The Bertz CT molecular complexity index is 660. The lowest BCUT2D eigenvalue weighted by molar-refractivity contribution is 0.154. The highest BCUT2D eigenvalue weighted by atomic mass is 16.3. The molecule has 0 fully saturated rings. The second-order valence-corrected chi connectivity index (χ2v) is 5.67. The van der Waals surface area contributed by atoms with Gasteiger partial charge >= 0.3 is 6.03 Å². The Balaban J connectivity index is 1.83. The number of benzene rings is 1. The Hall–Kier alpha value is -2.40. The topological polar surface area (TPSA) is 65.5 Å². The van der Waals surface area contributed by atoms with E-state index in [1.54, 1.807) is 23.2 Å². The van der Waals surface area contributed by atoms with E-state index in [4.69, 9.17) is 0 Å². The number of hydrogen-bond acceptors (Lipinski definition) is 3. The highest BCUT2D eigenvalue weighted by molar-refractivity contribution is 5.88. The van der Waals surface area contributed by atoms with E-state index in [9.17, 15) is 9.90 Å². The molecule has 23 heavy (non-hydrogen) atoms. The summed E-state index contributed by atoms with van der Waals surface area (Å²) in [4.78, 5) is 18.5. The molecule has 1 aromatic carbocycles. The maximum Gasteiger partial charge on any atom is 0.323 e. The van der Waals surface area contributed by atoms with Crippen LogP contribution in [0.25, 0.3) is 0 Å². The number of anilines is 1. The molecule has 0 aliphatic heterocycles. The lowest BCUT2D eigenvalue weighted by atomic mass is 9.87. The van der Waals surface area contributed by atoms with E-state index in [1.165, 1.54) is 11.1 Å². The third-order valence-corrected chi connectivity index (χ3v) is 4.22. The quantitative estimate of drug-likeness (QED) is 0.912. The summed E-state index contributed by atoms with van der Waals surface area (Å²) in [5.41, 5.74) is 2.47. The largest absolute Gasteiger partial charge is 0.395 e. The fraction of sp³-hybridized carbons (Fsp3) is 0.333. The molecule has 1 heterocycles. The van der Waals surface area contributed by atoms with Crippen molar-refractivity contribution in [3.05, 3.63) is 59.8 Å². The van der Waals surface area contributed by atoms with Crippen LogP contribution < -0.4 is 5.32 Å². The second-order valence-electron chi connectivity index (χ2n) is 5.67. The molecule has 0 radical (unpaired) electrons. The lowest BCUT2D eigenvalue weighted by Crippen LogP contribution is -2.41. The van der Waals surface area contributed by atoms with Crippen molar-refractivity contribution in [2.45, 2.75) is 25.3 Å². The minimum absolute atomic E-state index is 0.00388. The van der Waals surface area contributed by atoms with E-state index < -0.39 is 0 Å². The van der Waals surface area contributed by atoms with E-state index in [1.807, 2.05) is 18.2 Å². The van der Waals surface area contributed by atoms with Crippen molar-refractivity contribution >= 4 is 11.8 Å². The standard InChI is InChI=1S/C18H21N3O2/c22-13-12-21(18(23)20-17-10-3-4-11-19-17)16-9-5-7-14-6-1-2-8-15(14)16/h1-4,6,8,10-11,16,22H,5,7,9,12-13H2,(H,19,20,23)/t16-/m1/s1. The minimum Gasteiger partial charge on any atom is -0.395 e. The molecule has 3 rings (SSSR count). The number of carbonyl (C=O) groups excluding carboxylic acids is 1. The Kier molecular flexibility index (Phi) is 4.88. The zero-order valence-electron chi connectivity index (χ0n) is 13.0. The Labute approximate surface area is 136 Å². The van der Waals surface area contributed by atoms with Crippen LogP contribution in [0.3, 0.4) is 0 Å². The highest BCUT2D eigenvalue weighted by Gasteiger charge is 2.28. The lowest BCUT2D eigenvalue weighted by Gasteiger charge is -2.35. The Morgan fingerprint density at radius 1 is 1.26 bits per heavy atom. The van der Waals surface area contributed by atoms with Gasteiger partial charge in [-0.05, 0) is 42.5 Å². The number of pyridine rings is 1. The minimum atomic E-state index is -0.223. The second kappa shape index (κ2) is 7.24. The maximum atomic E-state index is 12.7. The average Bonchev–Trinajstić information content (AvgIpc) is 2.60. The third kappa shape index (κ3) is 3.51. The van der Waals surface area contributed by atoms with Crippen LogP contribution in [-0.2, 0) is 6.42 Å². The number of aryl methyl sites for hydroxylation is 1. The number of urea groups is 1. The predicted molar refractivity (Wildman–Crippen MR) is 89.2 cm³/mol. The van der Waals surface area contributed by atoms with E-state index in [2.05, 4.69) is 22.4 Å². The summed E-state index contributed by atoms with van der Waals surface area (Å²) in [5, 5.41) is 12.2. The summed E-state index contributed by atoms with van der Waals surface area (Å²) in [6.45, 7) is 0.242. The summed E-state index contributed by atoms with van der Waals surface area (Å²) in [5.74, 6) is 0.518. The van der Waals surface area contributed by atoms with Crippen LogP contribution in [0.1, 0.15) is 30.0 Å². The molecule has 1 aliphatic rings. The van der Waals surface area contributed by atoms with E-state index in [0.29, 0.717) is 12.4 Å². The maximum absolute atomic E-state index is 12.7. The first-order valence-electron chi connectivity index (χ1n) is 7.97. The SMILES string of the molecule is O=C(Nc1ccccn1)N(CCO)[C@@H]1CCCc2ccccc21. The van der Waals surface area contributed by atoms with Crippen LogP contribution in [-0.4, -0.2) is 34.2 Å². The van der Waals surface area contributed by atoms with Crippen molar-refractivity contribution < 1.29 is 9.90 Å². The van der Waals surface area contributed by atoms with Gasteiger partial charge in [0.2, 0.25) is 0 Å². The van der Waals surface area contributed by atoms with Crippen LogP contribution >= 0.6 is 0 Å². The first-order valence-corrected chi connectivity index (χ1v) is 7.97. The van der Waals surface area contributed by atoms with Crippen molar-refractivity contribution in [3.8, 4) is 0 Å². The smallest absolute Gasteiger partial charge is 0.323 e. The molecule has 2 N–H and O–H groups in total. The number of aliphatic hydroxyl groups is 1. The van der Waals surface area contributed by atoms with Crippen LogP contribution in [0.4, 0.5) is 10.6 Å². The van der Waals surface area contributed by atoms with E-state index in [0.717, 1.165) is 19.3 Å². The fourth-order valence-electron chi connectivity index (χ4n) is 3.18. The molecule has 1 aromatic heterocycles. The van der Waals surface area contributed by atoms with Gasteiger partial charge in [-0.25, -0.2) is 9.78 Å². The van der Waals surface area contributed by atoms with Crippen LogP contribution in [0, 0.1) is 0 Å². The number of aliphatic hydroxyl groups excluding tert-OH is 1. The summed E-state index contributed by atoms with van der Waals surface area (Å²) in [7, 11) is 0. The van der Waals surface area contributed by atoms with Crippen LogP contribution in [0.5, 0.6) is 0 Å². The van der Waals surface area contributed by atoms with Gasteiger partial charge in [-0.3, -0.25) is 5.32 Å². The molecule has 5 heteroatoms. The van der Waals surface area contributed by atoms with Gasteiger partial charge in [-0.15, -0.1) is 0 Å². The molecule has 120 valence electrons. The fourth-order valence-corrected chi connectivity index (χ4v) is 3.18. The number of rotatable bonds is 4. The van der Waals surface area contributed by atoms with Gasteiger partial charge in [0.1, 0.15) is 5.82 Å². The van der Waals surface area contributed by atoms with E-state index in [-0.39, 0.29) is 18.7 Å². The van der Waals surface area contributed by atoms with Gasteiger partial charge in [0.25, 0.3) is 0 Å². The van der Waals surface area contributed by atoms with Gasteiger partial charge in [-0.1, -0.05) is 30.3 Å². The molecule has 5 nitrogen and oxygen atoms in total. The predicted octanol–water partition coefficient (Wildman–Crippen LogP) is 2.99. The van der Waals surface area contributed by atoms with Gasteiger partial charge in [0.05, 0.1) is 12.6 Å². The van der Waals surface area contributed by atoms with Gasteiger partial charge in [-0.2, -0.15) is 0 Å². The number of nitrogens with zero attached hydrogens (tertiary/aromatic N) is 2. The molecular weight excluding hydrogens is 290 g/mol. The van der Waals surface area contributed by atoms with Crippen molar-refractivity contribution in [3.63, 3.8) is 0 Å². The summed E-state index contributed by atoms with van der Waals surface area (Å²) in [6, 6.07) is 13.4. The van der Waals surface area contributed by atoms with Gasteiger partial charge in [0.15, 0.2) is 0 Å². The molecule has 2 amide bonds. The summed E-state index contributed by atoms with van der Waals surface area (Å²) in [6.07, 6.45) is 4.64. The molecule has 0 saturated carbocycles. The number of carbonyl (C=O) groups is 1. The molecule has 0 saturated heterocycles. The molecule has 1 aliphatic carbocycles. The number of hydrogen-bond donors (Lipinski definition) is 2. The summed E-state index contributed by atoms with van der Waals surface area (Å²) >= 11 is 0. The van der Waals surface area contributed by atoms with Crippen molar-refractivity contribution in [1.29, 1.82) is 0 Å². The van der Waals surface area contributed by atoms with Crippen molar-refractivity contribution in [2.24, 2.45) is 0 Å². The van der Waals surface area contributed by atoms with Crippen LogP contribution in [0.15, 0.2) is 48.7 Å². The number of aromatic nitrogens is 1. The summed E-state index contributed by atoms with van der Waals surface area (Å²) < 4.78 is 0. The van der Waals surface area contributed by atoms with Crippen LogP contribution in [0.2, 0.25) is 0 Å². The average molecular weight is 311 g/mol. The number of fused-ring (bicyclic) bond motifs is 1. The third-order valence-electron chi connectivity index (χ3n) is 4.22. The number of nitrogens with one attached hydrogen (secondary N) is 1. The molecule has 2 aromatic rings. The molecular formula is C18H21N3O2. The molecule has 0 spiro atoms. The molecule has 0 unspecified atom stereocenters. The first kappa shape index (κ1) is 15.5. The normalized spacial score (nSPS) is 16.5. The van der Waals surface area contributed by atoms with Gasteiger partial charge < -0.3 is 10.0 Å². The molecule has 0 bridgehead atoms. The van der Waals surface area contributed by atoms with E-state index >= 15 is 0 Å². The van der Waals surface area contributed by atoms with Crippen molar-refractivity contribution in [1.82, 2.24) is 9.88 Å². The zero-order chi connectivity index (χ0) is 16.1. The highest BCUT2D eigenvalue weighted by Crippen LogP contribution is 2.34.